The molecule has 6 aromatic rings. The molecule has 0 aliphatic carbocycles. The quantitative estimate of drug-likeness (QED) is 0.0602. The molecule has 0 aliphatic heterocycles. The molecule has 0 aliphatic rings. The minimum absolute atomic E-state index is 0.288. The van der Waals surface area contributed by atoms with Crippen molar-refractivity contribution < 1.29 is 32.9 Å². The molecule has 4 aromatic carbocycles. The van der Waals surface area contributed by atoms with E-state index in [1.54, 1.807) is 12.1 Å². The van der Waals surface area contributed by atoms with Crippen LogP contribution in [0, 0.1) is 22.7 Å². The molecule has 2 heterocycles. The van der Waals surface area contributed by atoms with Crippen LogP contribution < -0.4 is 20.1 Å². The minimum Gasteiger partial charge on any atom is -0.493 e. The second kappa shape index (κ2) is 24.3. The number of nitrogens with one attached hydrogen (secondary N) is 2. The van der Waals surface area contributed by atoms with Gasteiger partial charge in [-0.2, -0.15) is 10.5 Å². The number of nitrogens with zero attached hydrogens (tertiary/aromatic N) is 4. The van der Waals surface area contributed by atoms with Crippen LogP contribution in [0.2, 0.25) is 0 Å². The largest absolute Gasteiger partial charge is 0.493 e. The Bertz CT molecular complexity index is 2540. The number of hydrogen-bond donors (Lipinski definition) is 2. The van der Waals surface area contributed by atoms with E-state index >= 15 is 0 Å². The predicted molar refractivity (Wildman–Crippen MR) is 248 cm³/mol. The lowest BCUT2D eigenvalue weighted by molar-refractivity contribution is 0.152. The van der Waals surface area contributed by atoms with Crippen molar-refractivity contribution in [3.63, 3.8) is 0 Å². The van der Waals surface area contributed by atoms with Crippen LogP contribution in [0.15, 0.2) is 84.9 Å². The zero-order valence-corrected chi connectivity index (χ0v) is 37.2. The van der Waals surface area contributed by atoms with Gasteiger partial charge in [-0.25, -0.2) is 14.0 Å². The molecular formula is C48H51Cl2FN6O6. The summed E-state index contributed by atoms with van der Waals surface area (Å²) in [4.78, 5) is 23.5. The molecule has 0 bridgehead atoms. The van der Waals surface area contributed by atoms with Crippen molar-refractivity contribution in [3.05, 3.63) is 96.1 Å². The van der Waals surface area contributed by atoms with Crippen LogP contribution in [0.25, 0.3) is 44.3 Å². The van der Waals surface area contributed by atoms with Crippen LogP contribution in [0.3, 0.4) is 0 Å². The highest BCUT2D eigenvalue weighted by Crippen LogP contribution is 2.37. The van der Waals surface area contributed by atoms with E-state index in [1.165, 1.54) is 0 Å². The number of alkyl halides is 3. The summed E-state index contributed by atoms with van der Waals surface area (Å²) >= 11 is 11.5. The lowest BCUT2D eigenvalue weighted by Crippen LogP contribution is -2.14. The fraction of sp³-hybridized carbons (Fsp3) is 0.333. The summed E-state index contributed by atoms with van der Waals surface area (Å²) in [6.45, 7) is 7.93. The highest BCUT2D eigenvalue weighted by atomic mass is 35.5. The first-order valence-electron chi connectivity index (χ1n) is 20.9. The van der Waals surface area contributed by atoms with Crippen LogP contribution in [-0.4, -0.2) is 66.2 Å². The molecule has 12 nitrogen and oxygen atoms in total. The third-order valence-corrected chi connectivity index (χ3v) is 10.4. The number of nitriles is 2. The average molecular weight is 898 g/mol. The number of rotatable bonds is 19. The highest BCUT2D eigenvalue weighted by molar-refractivity contribution is 6.18. The minimum atomic E-state index is -0.732. The van der Waals surface area contributed by atoms with Crippen molar-refractivity contribution in [1.82, 2.24) is 9.13 Å². The van der Waals surface area contributed by atoms with Crippen LogP contribution >= 0.6 is 23.2 Å². The number of amides is 2. The lowest BCUT2D eigenvalue weighted by Gasteiger charge is -2.11. The lowest BCUT2D eigenvalue weighted by atomic mass is 10.1. The van der Waals surface area contributed by atoms with Crippen molar-refractivity contribution in [3.8, 4) is 46.2 Å². The topological polar surface area (TPSA) is 153 Å². The van der Waals surface area contributed by atoms with Gasteiger partial charge in [0.05, 0.1) is 53.4 Å². The number of carbonyl (C=O) groups is 2. The summed E-state index contributed by atoms with van der Waals surface area (Å²) in [6.07, 6.45) is 2.15. The molecule has 63 heavy (non-hydrogen) atoms. The molecule has 0 saturated carbocycles. The molecule has 2 N–H and O–H groups in total. The summed E-state index contributed by atoms with van der Waals surface area (Å²) < 4.78 is 37.7. The molecule has 0 fully saturated rings. The average Bonchev–Trinajstić information content (AvgIpc) is 3.80. The van der Waals surface area contributed by atoms with E-state index in [4.69, 9.17) is 37.4 Å². The van der Waals surface area contributed by atoms with Gasteiger partial charge in [-0.1, -0.05) is 37.6 Å². The Hall–Kier alpha value is -6.41. The van der Waals surface area contributed by atoms with E-state index in [2.05, 4.69) is 36.6 Å². The SMILES string of the molecule is CCCCOC(=O)Nc1ccc(-c2c(C#N)c3ccc(OCCCCl)cc3n2CC)cc1.CCn1c(-c2ccc(NC(=O)OCCF)cc2)c(C#N)c2ccc(OCCCCl)cc21. The molecule has 330 valence electrons. The first-order chi connectivity index (χ1) is 30.7. The van der Waals surface area contributed by atoms with Gasteiger partial charge in [0.1, 0.15) is 36.9 Å². The number of hydrogen-bond acceptors (Lipinski definition) is 8. The molecule has 0 atom stereocenters. The number of halogens is 3. The van der Waals surface area contributed by atoms with Gasteiger partial charge in [0.2, 0.25) is 0 Å². The number of benzene rings is 4. The number of aryl methyl sites for hydroxylation is 2. The number of fused-ring (bicyclic) bond motifs is 2. The molecule has 2 aromatic heterocycles. The Morgan fingerprint density at radius 2 is 1.05 bits per heavy atom. The fourth-order valence-corrected chi connectivity index (χ4v) is 7.20. The van der Waals surface area contributed by atoms with Crippen molar-refractivity contribution in [2.45, 2.75) is 59.5 Å². The standard InChI is InChI=1S/C25H28ClN3O3.C23H23ClFN3O3/c1-3-5-14-32-25(30)28-19-9-7-18(8-10-19)24-22(17-27)21-12-11-20(31-15-6-13-26)16-23(21)29(24)4-2;1-2-28-21-14-18(30-12-3-10-24)8-9-19(21)20(15-26)22(28)16-4-6-17(7-5-16)27-23(29)31-13-11-25/h7-12,16H,3-6,13-15H2,1-2H3,(H,28,30);4-9,14H,2-3,10-13H2,1H3,(H,27,29). The van der Waals surface area contributed by atoms with Crippen LogP contribution in [0.4, 0.5) is 25.4 Å². The zero-order chi connectivity index (χ0) is 45.1. The van der Waals surface area contributed by atoms with Gasteiger partial charge in [-0.15, -0.1) is 23.2 Å². The van der Waals surface area contributed by atoms with Crippen LogP contribution in [0.5, 0.6) is 11.5 Å². The molecule has 0 spiro atoms. The van der Waals surface area contributed by atoms with Crippen molar-refractivity contribution in [1.29, 1.82) is 10.5 Å². The Morgan fingerprint density at radius 3 is 1.41 bits per heavy atom. The fourth-order valence-electron chi connectivity index (χ4n) is 6.98. The summed E-state index contributed by atoms with van der Waals surface area (Å²) in [5, 5.41) is 26.8. The summed E-state index contributed by atoms with van der Waals surface area (Å²) in [5.41, 5.74) is 7.59. The second-order valence-corrected chi connectivity index (χ2v) is 14.8. The Labute approximate surface area is 377 Å². The molecule has 0 saturated heterocycles. The van der Waals surface area contributed by atoms with Crippen molar-refractivity contribution in [2.24, 2.45) is 0 Å². The van der Waals surface area contributed by atoms with Gasteiger partial charge >= 0.3 is 12.2 Å². The van der Waals surface area contributed by atoms with E-state index < -0.39 is 18.9 Å². The predicted octanol–water partition coefficient (Wildman–Crippen LogP) is 12.3. The summed E-state index contributed by atoms with van der Waals surface area (Å²) in [5.74, 6) is 2.57. The van der Waals surface area contributed by atoms with Gasteiger partial charge in [0.15, 0.2) is 0 Å². The Morgan fingerprint density at radius 1 is 0.619 bits per heavy atom. The van der Waals surface area contributed by atoms with Crippen LogP contribution in [0.1, 0.15) is 57.6 Å². The molecule has 2 amide bonds. The summed E-state index contributed by atoms with van der Waals surface area (Å²) in [6, 6.07) is 30.7. The molecule has 6 rings (SSSR count). The number of unbranched alkanes of at least 4 members (excludes halogenated alkanes) is 1. The second-order valence-electron chi connectivity index (χ2n) is 14.0. The maximum atomic E-state index is 12.1. The van der Waals surface area contributed by atoms with E-state index in [9.17, 15) is 24.5 Å². The molecule has 0 unspecified atom stereocenters. The Balaban J connectivity index is 0.000000238. The monoisotopic (exact) mass is 896 g/mol. The maximum absolute atomic E-state index is 12.1. The van der Waals surface area contributed by atoms with E-state index in [0.29, 0.717) is 67.2 Å². The third-order valence-electron chi connectivity index (χ3n) is 9.87. The number of ether oxygens (including phenoxy) is 4. The smallest absolute Gasteiger partial charge is 0.411 e. The van der Waals surface area contributed by atoms with E-state index in [-0.39, 0.29) is 6.61 Å². The van der Waals surface area contributed by atoms with E-state index in [0.717, 1.165) is 81.5 Å². The normalized spacial score (nSPS) is 10.7. The van der Waals surface area contributed by atoms with Crippen LogP contribution in [-0.2, 0) is 22.6 Å². The van der Waals surface area contributed by atoms with Gasteiger partial charge in [0, 0.05) is 59.1 Å². The first kappa shape index (κ1) is 47.6. The van der Waals surface area contributed by atoms with Gasteiger partial charge in [-0.3, -0.25) is 10.6 Å². The maximum Gasteiger partial charge on any atom is 0.411 e. The van der Waals surface area contributed by atoms with E-state index in [1.807, 2.05) is 93.6 Å². The number of aromatic nitrogens is 2. The number of carbonyl (C=O) groups excluding carboxylic acids is 2. The third kappa shape index (κ3) is 12.2. The molecule has 15 heteroatoms. The molecular weight excluding hydrogens is 846 g/mol. The first-order valence-corrected chi connectivity index (χ1v) is 22.0. The van der Waals surface area contributed by atoms with Gasteiger partial charge < -0.3 is 28.1 Å². The highest BCUT2D eigenvalue weighted by Gasteiger charge is 2.20. The van der Waals surface area contributed by atoms with Crippen molar-refractivity contribution >= 4 is 68.6 Å². The van der Waals surface area contributed by atoms with Crippen molar-refractivity contribution in [2.75, 3.05) is 55.5 Å². The summed E-state index contributed by atoms with van der Waals surface area (Å²) in [7, 11) is 0. The molecule has 0 radical (unpaired) electrons. The van der Waals surface area contributed by atoms with Gasteiger partial charge in [-0.05, 0) is 92.8 Å². The zero-order valence-electron chi connectivity index (χ0n) is 35.6. The number of anilines is 2. The Kier molecular flexibility index (Phi) is 18.4. The van der Waals surface area contributed by atoms with Gasteiger partial charge in [0.25, 0.3) is 0 Å².